The summed E-state index contributed by atoms with van der Waals surface area (Å²) in [6, 6.07) is 0. The Morgan fingerprint density at radius 2 is 1.30 bits per heavy atom. The second kappa shape index (κ2) is 6.91. The molecule has 0 amide bonds. The van der Waals surface area contributed by atoms with Crippen molar-refractivity contribution in [2.45, 2.75) is 99.6 Å². The highest BCUT2D eigenvalue weighted by Crippen LogP contribution is 2.60. The lowest BCUT2D eigenvalue weighted by atomic mass is 9.56. The monoisotopic (exact) mass is 340 g/mol. The standard InChI is InChI=1S/C18H35F3O2/c1-10-15(6,7)12-17(18(19,20)21,16(8,9)11-2)13(22)23-14(3,4)5/h13,22H,10-12H2,1-9H3. The van der Waals surface area contributed by atoms with E-state index in [4.69, 9.17) is 4.74 Å². The van der Waals surface area contributed by atoms with Gasteiger partial charge in [-0.25, -0.2) is 0 Å². The van der Waals surface area contributed by atoms with Gasteiger partial charge in [-0.05, 0) is 44.4 Å². The van der Waals surface area contributed by atoms with Crippen LogP contribution in [0.3, 0.4) is 0 Å². The SMILES string of the molecule is CCC(C)(C)CC(C(O)OC(C)(C)C)(C(F)(F)F)C(C)(C)CC. The van der Waals surface area contributed by atoms with Crippen LogP contribution in [0.25, 0.3) is 0 Å². The fourth-order valence-electron chi connectivity index (χ4n) is 2.92. The summed E-state index contributed by atoms with van der Waals surface area (Å²) in [5.41, 5.74) is -4.93. The van der Waals surface area contributed by atoms with Crippen LogP contribution in [0.4, 0.5) is 13.2 Å². The third-order valence-corrected chi connectivity index (χ3v) is 5.20. The minimum absolute atomic E-state index is 0.182. The molecule has 2 atom stereocenters. The van der Waals surface area contributed by atoms with Gasteiger partial charge in [-0.2, -0.15) is 13.2 Å². The highest BCUT2D eigenvalue weighted by atomic mass is 19.4. The number of hydrogen-bond acceptors (Lipinski definition) is 2. The fourth-order valence-corrected chi connectivity index (χ4v) is 2.92. The summed E-state index contributed by atoms with van der Waals surface area (Å²) >= 11 is 0. The van der Waals surface area contributed by atoms with Gasteiger partial charge in [0.25, 0.3) is 0 Å². The molecule has 0 aliphatic rings. The summed E-state index contributed by atoms with van der Waals surface area (Å²) < 4.78 is 48.4. The van der Waals surface area contributed by atoms with E-state index in [9.17, 15) is 18.3 Å². The zero-order chi connectivity index (χ0) is 18.9. The van der Waals surface area contributed by atoms with Gasteiger partial charge in [0.05, 0.1) is 5.60 Å². The quantitative estimate of drug-likeness (QED) is 0.582. The minimum Gasteiger partial charge on any atom is -0.367 e. The Bertz CT molecular complexity index is 381. The Labute approximate surface area is 139 Å². The molecule has 0 bridgehead atoms. The largest absolute Gasteiger partial charge is 0.399 e. The Hall–Kier alpha value is -0.290. The van der Waals surface area contributed by atoms with Crippen LogP contribution in [0, 0.1) is 16.2 Å². The molecule has 0 saturated carbocycles. The molecule has 140 valence electrons. The maximum atomic E-state index is 14.3. The van der Waals surface area contributed by atoms with Crippen molar-refractivity contribution >= 4 is 0 Å². The van der Waals surface area contributed by atoms with Gasteiger partial charge in [-0.15, -0.1) is 0 Å². The molecule has 23 heavy (non-hydrogen) atoms. The van der Waals surface area contributed by atoms with E-state index in [0.717, 1.165) is 0 Å². The van der Waals surface area contributed by atoms with Gasteiger partial charge in [-0.1, -0.05) is 48.0 Å². The third kappa shape index (κ3) is 5.09. The van der Waals surface area contributed by atoms with Crippen LogP contribution in [0.1, 0.15) is 81.6 Å². The number of aliphatic hydroxyl groups is 1. The van der Waals surface area contributed by atoms with Crippen molar-refractivity contribution in [3.05, 3.63) is 0 Å². The lowest BCUT2D eigenvalue weighted by Gasteiger charge is -2.53. The molecule has 0 fully saturated rings. The normalized spacial score (nSPS) is 18.7. The van der Waals surface area contributed by atoms with Gasteiger partial charge in [0, 0.05) is 0 Å². The van der Waals surface area contributed by atoms with Crippen molar-refractivity contribution in [1.82, 2.24) is 0 Å². The van der Waals surface area contributed by atoms with Crippen LogP contribution >= 0.6 is 0 Å². The van der Waals surface area contributed by atoms with Gasteiger partial charge in [0.1, 0.15) is 5.41 Å². The van der Waals surface area contributed by atoms with Gasteiger partial charge in [0.15, 0.2) is 6.29 Å². The predicted octanol–water partition coefficient (Wildman–Crippen LogP) is 5.93. The van der Waals surface area contributed by atoms with Crippen molar-refractivity contribution in [2.24, 2.45) is 16.2 Å². The van der Waals surface area contributed by atoms with E-state index in [1.165, 1.54) is 0 Å². The van der Waals surface area contributed by atoms with Crippen LogP contribution in [-0.4, -0.2) is 23.2 Å². The molecule has 0 aromatic heterocycles. The molecule has 5 heteroatoms. The van der Waals surface area contributed by atoms with Crippen molar-refractivity contribution in [3.63, 3.8) is 0 Å². The van der Waals surface area contributed by atoms with Gasteiger partial charge in [-0.3, -0.25) is 0 Å². The number of alkyl halides is 3. The molecule has 2 nitrogen and oxygen atoms in total. The second-order valence-electron chi connectivity index (χ2n) is 8.98. The summed E-state index contributed by atoms with van der Waals surface area (Å²) in [4.78, 5) is 0. The highest BCUT2D eigenvalue weighted by molar-refractivity contribution is 5.02. The Morgan fingerprint density at radius 3 is 1.57 bits per heavy atom. The van der Waals surface area contributed by atoms with E-state index in [1.54, 1.807) is 41.5 Å². The molecule has 0 aliphatic carbocycles. The number of halogens is 3. The molecule has 0 spiro atoms. The maximum absolute atomic E-state index is 14.3. The Kier molecular flexibility index (Phi) is 6.82. The molecule has 0 aliphatic heterocycles. The van der Waals surface area contributed by atoms with Crippen molar-refractivity contribution in [1.29, 1.82) is 0 Å². The van der Waals surface area contributed by atoms with Crippen LogP contribution < -0.4 is 0 Å². The van der Waals surface area contributed by atoms with Gasteiger partial charge >= 0.3 is 6.18 Å². The minimum atomic E-state index is -4.58. The summed E-state index contributed by atoms with van der Waals surface area (Å²) in [6.07, 6.45) is -5.80. The summed E-state index contributed by atoms with van der Waals surface area (Å²) in [7, 11) is 0. The van der Waals surface area contributed by atoms with Crippen molar-refractivity contribution in [3.8, 4) is 0 Å². The molecule has 0 aromatic rings. The average molecular weight is 340 g/mol. The molecule has 0 aromatic carbocycles. The van der Waals surface area contributed by atoms with E-state index in [0.29, 0.717) is 6.42 Å². The van der Waals surface area contributed by atoms with E-state index < -0.39 is 34.3 Å². The summed E-state index contributed by atoms with van der Waals surface area (Å²) in [6.45, 7) is 15.3. The van der Waals surface area contributed by atoms with E-state index >= 15 is 0 Å². The molecule has 0 radical (unpaired) electrons. The zero-order valence-electron chi connectivity index (χ0n) is 16.2. The first-order valence-corrected chi connectivity index (χ1v) is 8.38. The fraction of sp³-hybridized carbons (Fsp3) is 1.00. The Balaban J connectivity index is 6.30. The van der Waals surface area contributed by atoms with Crippen LogP contribution in [0.15, 0.2) is 0 Å². The van der Waals surface area contributed by atoms with Crippen molar-refractivity contribution in [2.75, 3.05) is 0 Å². The number of ether oxygens (including phenoxy) is 1. The lowest BCUT2D eigenvalue weighted by molar-refractivity contribution is -0.362. The first-order valence-electron chi connectivity index (χ1n) is 8.38. The molecule has 0 rings (SSSR count). The molecule has 0 heterocycles. The van der Waals surface area contributed by atoms with Gasteiger partial charge in [0.2, 0.25) is 0 Å². The van der Waals surface area contributed by atoms with Crippen LogP contribution in [0.2, 0.25) is 0 Å². The molecule has 0 saturated heterocycles. The third-order valence-electron chi connectivity index (χ3n) is 5.20. The van der Waals surface area contributed by atoms with E-state index in [1.807, 2.05) is 20.8 Å². The lowest BCUT2D eigenvalue weighted by Crippen LogP contribution is -2.60. The topological polar surface area (TPSA) is 29.5 Å². The first-order chi connectivity index (χ1) is 9.96. The zero-order valence-corrected chi connectivity index (χ0v) is 16.2. The summed E-state index contributed by atoms with van der Waals surface area (Å²) in [5.74, 6) is 0. The summed E-state index contributed by atoms with van der Waals surface area (Å²) in [5, 5.41) is 10.6. The average Bonchev–Trinajstić information content (AvgIpc) is 2.32. The van der Waals surface area contributed by atoms with Crippen LogP contribution in [0.5, 0.6) is 0 Å². The first kappa shape index (κ1) is 22.7. The smallest absolute Gasteiger partial charge is 0.367 e. The van der Waals surface area contributed by atoms with E-state index in [-0.39, 0.29) is 12.8 Å². The second-order valence-corrected chi connectivity index (χ2v) is 8.98. The van der Waals surface area contributed by atoms with Crippen LogP contribution in [-0.2, 0) is 4.74 Å². The maximum Gasteiger partial charge on any atom is 0.399 e. The molecule has 1 N–H and O–H groups in total. The van der Waals surface area contributed by atoms with E-state index in [2.05, 4.69) is 0 Å². The van der Waals surface area contributed by atoms with Gasteiger partial charge < -0.3 is 9.84 Å². The molecular weight excluding hydrogens is 305 g/mol. The molecular formula is C18H35F3O2. The Morgan fingerprint density at radius 1 is 0.870 bits per heavy atom. The van der Waals surface area contributed by atoms with Crippen molar-refractivity contribution < 1.29 is 23.0 Å². The number of rotatable bonds is 7. The number of aliphatic hydroxyl groups excluding tert-OH is 1. The predicted molar refractivity (Wildman–Crippen MR) is 88.1 cm³/mol. The highest BCUT2D eigenvalue weighted by Gasteiger charge is 2.68. The number of hydrogen-bond donors (Lipinski definition) is 1. The molecule has 2 unspecified atom stereocenters.